The Kier molecular flexibility index (Phi) is 3.44. The molecule has 0 atom stereocenters. The summed E-state index contributed by atoms with van der Waals surface area (Å²) in [6.07, 6.45) is 2.61. The molecule has 0 bridgehead atoms. The van der Waals surface area contributed by atoms with Crippen molar-refractivity contribution in [2.24, 2.45) is 0 Å². The van der Waals surface area contributed by atoms with E-state index in [9.17, 15) is 10.1 Å². The zero-order valence-electron chi connectivity index (χ0n) is 11.7. The molecule has 106 valence electrons. The third-order valence-corrected chi connectivity index (χ3v) is 4.14. The Morgan fingerprint density at radius 2 is 1.95 bits per heavy atom. The number of hydrogen-bond donors (Lipinski definition) is 0. The Balaban J connectivity index is 1.86. The van der Waals surface area contributed by atoms with Crippen molar-refractivity contribution < 1.29 is 4.92 Å². The van der Waals surface area contributed by atoms with Gasteiger partial charge in [-0.15, -0.1) is 0 Å². The van der Waals surface area contributed by atoms with E-state index in [1.54, 1.807) is 12.1 Å². The largest absolute Gasteiger partial charge is 0.344 e. The van der Waals surface area contributed by atoms with Gasteiger partial charge >= 0.3 is 0 Å². The fraction of sp³-hybridized carbons (Fsp3) is 0.467. The van der Waals surface area contributed by atoms with Crippen molar-refractivity contribution in [2.45, 2.75) is 26.3 Å². The summed E-state index contributed by atoms with van der Waals surface area (Å²) in [6.45, 7) is 6.47. The molecule has 1 aliphatic rings. The van der Waals surface area contributed by atoms with Crippen LogP contribution in [0.25, 0.3) is 10.9 Å². The van der Waals surface area contributed by atoms with Crippen LogP contribution >= 0.6 is 0 Å². The maximum Gasteiger partial charge on any atom is 0.270 e. The van der Waals surface area contributed by atoms with Crippen molar-refractivity contribution in [1.82, 2.24) is 9.47 Å². The third kappa shape index (κ3) is 2.41. The van der Waals surface area contributed by atoms with E-state index >= 15 is 0 Å². The lowest BCUT2D eigenvalue weighted by Crippen LogP contribution is -2.24. The van der Waals surface area contributed by atoms with E-state index in [0.29, 0.717) is 0 Å². The van der Waals surface area contributed by atoms with Crippen LogP contribution in [0.2, 0.25) is 0 Å². The van der Waals surface area contributed by atoms with Crippen LogP contribution in [0.1, 0.15) is 18.5 Å². The summed E-state index contributed by atoms with van der Waals surface area (Å²) in [7, 11) is 0. The van der Waals surface area contributed by atoms with Crippen LogP contribution in [-0.4, -0.2) is 34.0 Å². The summed E-state index contributed by atoms with van der Waals surface area (Å²) in [5.41, 5.74) is 2.42. The summed E-state index contributed by atoms with van der Waals surface area (Å²) < 4.78 is 2.26. The molecule has 5 nitrogen and oxygen atoms in total. The highest BCUT2D eigenvalue weighted by molar-refractivity contribution is 5.83. The van der Waals surface area contributed by atoms with E-state index in [-0.39, 0.29) is 10.6 Å². The molecule has 1 aromatic heterocycles. The first-order valence-corrected chi connectivity index (χ1v) is 7.12. The van der Waals surface area contributed by atoms with Gasteiger partial charge in [0.25, 0.3) is 5.69 Å². The molecule has 5 heteroatoms. The Labute approximate surface area is 117 Å². The molecule has 2 heterocycles. The molecule has 0 saturated carbocycles. The molecule has 1 aliphatic heterocycles. The van der Waals surface area contributed by atoms with Crippen LogP contribution in [0, 0.1) is 17.0 Å². The van der Waals surface area contributed by atoms with Gasteiger partial charge in [-0.1, -0.05) is 0 Å². The molecule has 0 spiro atoms. The van der Waals surface area contributed by atoms with E-state index in [1.807, 2.05) is 12.1 Å². The van der Waals surface area contributed by atoms with Crippen molar-refractivity contribution >= 4 is 16.6 Å². The molecule has 3 rings (SSSR count). The zero-order valence-corrected chi connectivity index (χ0v) is 11.7. The molecule has 20 heavy (non-hydrogen) atoms. The van der Waals surface area contributed by atoms with Gasteiger partial charge in [0, 0.05) is 41.8 Å². The second kappa shape index (κ2) is 5.25. The van der Waals surface area contributed by atoms with Gasteiger partial charge in [-0.3, -0.25) is 10.1 Å². The normalized spacial score (nSPS) is 16.1. The van der Waals surface area contributed by atoms with Crippen LogP contribution in [-0.2, 0) is 6.54 Å². The molecule has 1 fully saturated rings. The predicted octanol–water partition coefficient (Wildman–Crippen LogP) is 2.95. The topological polar surface area (TPSA) is 51.3 Å². The molecule has 2 aromatic rings. The lowest BCUT2D eigenvalue weighted by atomic mass is 10.2. The number of aryl methyl sites for hydroxylation is 1. The zero-order chi connectivity index (χ0) is 14.1. The molecular formula is C15H19N3O2. The van der Waals surface area contributed by atoms with Gasteiger partial charge in [-0.05, 0) is 45.0 Å². The Hall–Kier alpha value is -1.88. The summed E-state index contributed by atoms with van der Waals surface area (Å²) in [4.78, 5) is 13.0. The van der Waals surface area contributed by atoms with E-state index in [0.717, 1.165) is 24.0 Å². The Bertz CT molecular complexity index is 642. The van der Waals surface area contributed by atoms with Crippen molar-refractivity contribution in [3.63, 3.8) is 0 Å². The molecule has 0 unspecified atom stereocenters. The molecule has 0 radical (unpaired) electrons. The standard InChI is InChI=1S/C15H19N3O2/c1-12-10-13-11-14(18(19)20)4-5-15(13)17(12)9-8-16-6-2-3-7-16/h4-5,10-11H,2-3,6-9H2,1H3. The Morgan fingerprint density at radius 1 is 1.20 bits per heavy atom. The van der Waals surface area contributed by atoms with Crippen LogP contribution in [0.5, 0.6) is 0 Å². The second-order valence-corrected chi connectivity index (χ2v) is 5.49. The number of hydrogen-bond acceptors (Lipinski definition) is 3. The molecule has 0 N–H and O–H groups in total. The first-order chi connectivity index (χ1) is 9.65. The highest BCUT2D eigenvalue weighted by Crippen LogP contribution is 2.24. The molecule has 0 amide bonds. The number of nitrogens with zero attached hydrogens (tertiary/aromatic N) is 3. The number of rotatable bonds is 4. The molecule has 1 saturated heterocycles. The van der Waals surface area contributed by atoms with E-state index < -0.39 is 0 Å². The highest BCUT2D eigenvalue weighted by atomic mass is 16.6. The van der Waals surface area contributed by atoms with Gasteiger partial charge in [-0.2, -0.15) is 0 Å². The monoisotopic (exact) mass is 273 g/mol. The lowest BCUT2D eigenvalue weighted by Gasteiger charge is -2.16. The van der Waals surface area contributed by atoms with Crippen molar-refractivity contribution in [3.05, 3.63) is 40.1 Å². The number of aromatic nitrogens is 1. The van der Waals surface area contributed by atoms with E-state index in [1.165, 1.54) is 31.6 Å². The van der Waals surface area contributed by atoms with Gasteiger partial charge < -0.3 is 9.47 Å². The van der Waals surface area contributed by atoms with Crippen molar-refractivity contribution in [1.29, 1.82) is 0 Å². The van der Waals surface area contributed by atoms with Gasteiger partial charge in [0.1, 0.15) is 0 Å². The predicted molar refractivity (Wildman–Crippen MR) is 79.0 cm³/mol. The molecule has 0 aliphatic carbocycles. The number of nitro benzene ring substituents is 1. The quantitative estimate of drug-likeness (QED) is 0.635. The van der Waals surface area contributed by atoms with Gasteiger partial charge in [0.05, 0.1) is 4.92 Å². The minimum Gasteiger partial charge on any atom is -0.344 e. The molecule has 1 aromatic carbocycles. The first-order valence-electron chi connectivity index (χ1n) is 7.12. The van der Waals surface area contributed by atoms with Crippen LogP contribution < -0.4 is 0 Å². The van der Waals surface area contributed by atoms with Crippen molar-refractivity contribution in [3.8, 4) is 0 Å². The second-order valence-electron chi connectivity index (χ2n) is 5.49. The number of nitro groups is 1. The summed E-state index contributed by atoms with van der Waals surface area (Å²) in [5.74, 6) is 0. The first kappa shape index (κ1) is 13.1. The minimum absolute atomic E-state index is 0.161. The average Bonchev–Trinajstić information content (AvgIpc) is 3.02. The van der Waals surface area contributed by atoms with Gasteiger partial charge in [-0.25, -0.2) is 0 Å². The minimum atomic E-state index is -0.337. The fourth-order valence-corrected chi connectivity index (χ4v) is 3.05. The fourth-order valence-electron chi connectivity index (χ4n) is 3.05. The summed E-state index contributed by atoms with van der Waals surface area (Å²) in [5, 5.41) is 11.8. The van der Waals surface area contributed by atoms with E-state index in [2.05, 4.69) is 16.4 Å². The highest BCUT2D eigenvalue weighted by Gasteiger charge is 2.14. The Morgan fingerprint density at radius 3 is 2.65 bits per heavy atom. The maximum absolute atomic E-state index is 10.8. The van der Waals surface area contributed by atoms with Crippen molar-refractivity contribution in [2.75, 3.05) is 19.6 Å². The number of benzene rings is 1. The van der Waals surface area contributed by atoms with Gasteiger partial charge in [0.2, 0.25) is 0 Å². The lowest BCUT2D eigenvalue weighted by molar-refractivity contribution is -0.384. The smallest absolute Gasteiger partial charge is 0.270 e. The van der Waals surface area contributed by atoms with Gasteiger partial charge in [0.15, 0.2) is 0 Å². The SMILES string of the molecule is Cc1cc2cc([N+](=O)[O-])ccc2n1CCN1CCCC1. The van der Waals surface area contributed by atoms with Crippen LogP contribution in [0.3, 0.4) is 0 Å². The van der Waals surface area contributed by atoms with Crippen LogP contribution in [0.15, 0.2) is 24.3 Å². The number of fused-ring (bicyclic) bond motifs is 1. The molecular weight excluding hydrogens is 254 g/mol. The summed E-state index contributed by atoms with van der Waals surface area (Å²) in [6, 6.07) is 7.15. The maximum atomic E-state index is 10.8. The third-order valence-electron chi connectivity index (χ3n) is 4.14. The number of non-ortho nitro benzene ring substituents is 1. The average molecular weight is 273 g/mol. The number of likely N-dealkylation sites (tertiary alicyclic amines) is 1. The van der Waals surface area contributed by atoms with E-state index in [4.69, 9.17) is 0 Å². The summed E-state index contributed by atoms with van der Waals surface area (Å²) >= 11 is 0. The van der Waals surface area contributed by atoms with Crippen LogP contribution in [0.4, 0.5) is 5.69 Å².